The summed E-state index contributed by atoms with van der Waals surface area (Å²) in [4.78, 5) is 4.93. The molecule has 1 atom stereocenters. The van der Waals surface area contributed by atoms with E-state index in [2.05, 4.69) is 52.9 Å². The molecule has 0 saturated heterocycles. The van der Waals surface area contributed by atoms with E-state index in [4.69, 9.17) is 11.6 Å². The number of H-pyrrole nitrogens is 1. The summed E-state index contributed by atoms with van der Waals surface area (Å²) in [5, 5.41) is 7.76. The van der Waals surface area contributed by atoms with E-state index in [1.165, 1.54) is 30.1 Å². The van der Waals surface area contributed by atoms with Gasteiger partial charge in [0.05, 0.1) is 10.4 Å². The molecule has 7 aromatic rings. The minimum absolute atomic E-state index is 0.130. The van der Waals surface area contributed by atoms with Gasteiger partial charge < -0.3 is 10.3 Å². The minimum atomic E-state index is -3.83. The lowest BCUT2D eigenvalue weighted by Gasteiger charge is -2.19. The van der Waals surface area contributed by atoms with Crippen LogP contribution < -0.4 is 5.32 Å². The number of thiophene rings is 1. The summed E-state index contributed by atoms with van der Waals surface area (Å²) in [6, 6.07) is 27.8. The molecule has 1 aliphatic heterocycles. The Hall–Kier alpha value is -4.04. The summed E-state index contributed by atoms with van der Waals surface area (Å²) in [5.41, 5.74) is 7.18. The van der Waals surface area contributed by atoms with Crippen molar-refractivity contribution in [2.75, 3.05) is 11.9 Å². The number of fused-ring (bicyclic) bond motifs is 5. The van der Waals surface area contributed by atoms with Gasteiger partial charge in [0.25, 0.3) is 10.0 Å². The number of rotatable bonds is 5. The zero-order valence-corrected chi connectivity index (χ0v) is 26.5. The van der Waals surface area contributed by atoms with E-state index in [9.17, 15) is 8.42 Å². The summed E-state index contributed by atoms with van der Waals surface area (Å²) in [5.74, 6) is 0.130. The van der Waals surface area contributed by atoms with Crippen molar-refractivity contribution in [1.29, 1.82) is 0 Å². The van der Waals surface area contributed by atoms with Gasteiger partial charge in [-0.15, -0.1) is 11.3 Å². The summed E-state index contributed by atoms with van der Waals surface area (Å²) >= 11 is 8.21. The molecule has 0 aliphatic carbocycles. The fourth-order valence-corrected chi connectivity index (χ4v) is 9.39. The maximum absolute atomic E-state index is 14.2. The first-order valence-corrected chi connectivity index (χ1v) is 17.5. The second-order valence-electron chi connectivity index (χ2n) is 11.7. The first-order valence-electron chi connectivity index (χ1n) is 14.8. The molecule has 0 bridgehead atoms. The number of aryl methyl sites for hydroxylation is 1. The lowest BCUT2D eigenvalue weighted by Crippen LogP contribution is -2.12. The summed E-state index contributed by atoms with van der Waals surface area (Å²) in [7, 11) is -3.83. The monoisotopic (exact) mass is 635 g/mol. The van der Waals surface area contributed by atoms with E-state index in [1.807, 2.05) is 49.5 Å². The number of anilines is 1. The van der Waals surface area contributed by atoms with Crippen LogP contribution in [0.1, 0.15) is 45.9 Å². The standard InChI is InChI=1S/C36H30ClN3O2S2/c1-22-8-11-27(12-9-22)44(41,42)40-21-24(18-26-17-23-5-2-3-7-34(23)43-26)35-33(40)15-13-29-28(6-4-16-38-36(29)35)31-20-39-32-14-10-25(37)19-30(31)32/h2-3,5,7-15,17,19-21,28,38-39H,4,6,16,18H2,1H3. The molecular weight excluding hydrogens is 606 g/mol. The predicted molar refractivity (Wildman–Crippen MR) is 183 cm³/mol. The number of aromatic nitrogens is 2. The van der Waals surface area contributed by atoms with Gasteiger partial charge in [0.15, 0.2) is 0 Å². The van der Waals surface area contributed by atoms with Gasteiger partial charge in [0, 0.05) is 67.9 Å². The fourth-order valence-electron chi connectivity index (χ4n) is 6.74. The highest BCUT2D eigenvalue weighted by molar-refractivity contribution is 7.90. The van der Waals surface area contributed by atoms with Gasteiger partial charge in [0.2, 0.25) is 0 Å². The molecule has 44 heavy (non-hydrogen) atoms. The third-order valence-corrected chi connectivity index (χ3v) is 11.9. The van der Waals surface area contributed by atoms with Crippen LogP contribution in [-0.2, 0) is 16.4 Å². The zero-order valence-electron chi connectivity index (χ0n) is 24.1. The molecule has 4 aromatic carbocycles. The van der Waals surface area contributed by atoms with Gasteiger partial charge in [-0.1, -0.05) is 53.6 Å². The Balaban J connectivity index is 1.35. The zero-order chi connectivity index (χ0) is 30.0. The number of nitrogens with one attached hydrogen (secondary N) is 2. The molecule has 1 aliphatic rings. The number of benzene rings is 4. The van der Waals surface area contributed by atoms with Crippen molar-refractivity contribution in [2.24, 2.45) is 0 Å². The quantitative estimate of drug-likeness (QED) is 0.198. The molecule has 0 fully saturated rings. The highest BCUT2D eigenvalue weighted by Crippen LogP contribution is 2.45. The molecule has 4 heterocycles. The molecule has 0 saturated carbocycles. The number of aromatic amines is 1. The molecular formula is C36H30ClN3O2S2. The maximum Gasteiger partial charge on any atom is 0.268 e. The van der Waals surface area contributed by atoms with Crippen molar-refractivity contribution in [1.82, 2.24) is 8.96 Å². The van der Waals surface area contributed by atoms with Crippen molar-refractivity contribution in [3.8, 4) is 0 Å². The first kappa shape index (κ1) is 27.5. The highest BCUT2D eigenvalue weighted by atomic mass is 35.5. The Morgan fingerprint density at radius 3 is 2.66 bits per heavy atom. The third-order valence-electron chi connectivity index (χ3n) is 8.86. The van der Waals surface area contributed by atoms with E-state index < -0.39 is 10.0 Å². The highest BCUT2D eigenvalue weighted by Gasteiger charge is 2.29. The normalized spacial score (nSPS) is 15.5. The molecule has 0 spiro atoms. The molecule has 5 nitrogen and oxygen atoms in total. The van der Waals surface area contributed by atoms with Crippen LogP contribution in [0.25, 0.3) is 31.9 Å². The van der Waals surface area contributed by atoms with Gasteiger partial charge in [-0.05, 0) is 90.4 Å². The largest absolute Gasteiger partial charge is 0.384 e. The fraction of sp³-hybridized carbons (Fsp3) is 0.167. The van der Waals surface area contributed by atoms with Crippen molar-refractivity contribution in [2.45, 2.75) is 37.0 Å². The van der Waals surface area contributed by atoms with Crippen LogP contribution in [0.5, 0.6) is 0 Å². The Labute approximate surface area is 265 Å². The minimum Gasteiger partial charge on any atom is -0.384 e. The van der Waals surface area contributed by atoms with Crippen molar-refractivity contribution in [3.05, 3.63) is 129 Å². The molecule has 8 heteroatoms. The van der Waals surface area contributed by atoms with Crippen LogP contribution in [0, 0.1) is 6.92 Å². The lowest BCUT2D eigenvalue weighted by atomic mass is 9.86. The molecule has 0 radical (unpaired) electrons. The summed E-state index contributed by atoms with van der Waals surface area (Å²) in [6.45, 7) is 2.77. The molecule has 3 aromatic heterocycles. The van der Waals surface area contributed by atoms with Crippen LogP contribution in [0.4, 0.5) is 5.69 Å². The lowest BCUT2D eigenvalue weighted by molar-refractivity contribution is 0.589. The Morgan fingerprint density at radius 1 is 0.977 bits per heavy atom. The van der Waals surface area contributed by atoms with Crippen LogP contribution in [-0.4, -0.2) is 23.9 Å². The molecule has 220 valence electrons. The topological polar surface area (TPSA) is 66.9 Å². The van der Waals surface area contributed by atoms with Crippen molar-refractivity contribution < 1.29 is 8.42 Å². The molecule has 2 N–H and O–H groups in total. The van der Waals surface area contributed by atoms with E-state index in [0.29, 0.717) is 17.0 Å². The van der Waals surface area contributed by atoms with E-state index in [1.54, 1.807) is 23.5 Å². The summed E-state index contributed by atoms with van der Waals surface area (Å²) in [6.07, 6.45) is 6.55. The molecule has 1 unspecified atom stereocenters. The number of hydrogen-bond acceptors (Lipinski definition) is 4. The van der Waals surface area contributed by atoms with E-state index in [0.717, 1.165) is 52.5 Å². The first-order chi connectivity index (χ1) is 21.4. The second-order valence-corrected chi connectivity index (χ2v) is 15.1. The average Bonchev–Trinajstić information content (AvgIpc) is 3.69. The number of halogens is 1. The van der Waals surface area contributed by atoms with Crippen molar-refractivity contribution in [3.63, 3.8) is 0 Å². The van der Waals surface area contributed by atoms with Crippen LogP contribution in [0.3, 0.4) is 0 Å². The SMILES string of the molecule is Cc1ccc(S(=O)(=O)n2cc(Cc3cc4ccccc4s3)c3c4c(ccc32)C(c2c[nH]c3ccc(Cl)cc23)CCCN4)cc1. The van der Waals surface area contributed by atoms with E-state index in [-0.39, 0.29) is 10.8 Å². The Morgan fingerprint density at radius 2 is 1.82 bits per heavy atom. The molecule has 8 rings (SSSR count). The predicted octanol–water partition coefficient (Wildman–Crippen LogP) is 9.46. The smallest absolute Gasteiger partial charge is 0.268 e. The van der Waals surface area contributed by atoms with Crippen LogP contribution in [0.2, 0.25) is 5.02 Å². The maximum atomic E-state index is 14.2. The second kappa shape index (κ2) is 10.5. The van der Waals surface area contributed by atoms with Crippen LogP contribution in [0.15, 0.2) is 102 Å². The number of nitrogens with zero attached hydrogens (tertiary/aromatic N) is 1. The Kier molecular flexibility index (Phi) is 6.59. The van der Waals surface area contributed by atoms with Gasteiger partial charge in [-0.2, -0.15) is 0 Å². The van der Waals surface area contributed by atoms with Crippen molar-refractivity contribution >= 4 is 70.5 Å². The average molecular weight is 636 g/mol. The molecule has 0 amide bonds. The Bertz CT molecular complexity index is 2280. The van der Waals surface area contributed by atoms with Gasteiger partial charge in [0.1, 0.15) is 0 Å². The summed E-state index contributed by atoms with van der Waals surface area (Å²) < 4.78 is 31.0. The van der Waals surface area contributed by atoms with E-state index >= 15 is 0 Å². The number of hydrogen-bond donors (Lipinski definition) is 2. The third kappa shape index (κ3) is 4.53. The van der Waals surface area contributed by atoms with Gasteiger partial charge in [-0.3, -0.25) is 0 Å². The van der Waals surface area contributed by atoms with Crippen LogP contribution >= 0.6 is 22.9 Å². The van der Waals surface area contributed by atoms with Gasteiger partial charge >= 0.3 is 0 Å². The van der Waals surface area contributed by atoms with Gasteiger partial charge in [-0.25, -0.2) is 12.4 Å².